The fraction of sp³-hybridized carbons (Fsp3) is 0.500. The molecule has 1 aliphatic carbocycles. The number of esters is 1. The summed E-state index contributed by atoms with van der Waals surface area (Å²) < 4.78 is 32.0. The Morgan fingerprint density at radius 2 is 2.10 bits per heavy atom. The van der Waals surface area contributed by atoms with Gasteiger partial charge in [0.1, 0.15) is 0 Å². The number of benzene rings is 1. The number of carbonyl (C=O) groups excluding carboxylic acids is 1. The molecule has 2 rings (SSSR count). The molecule has 6 heteroatoms. The Kier molecular flexibility index (Phi) is 4.45. The van der Waals surface area contributed by atoms with E-state index < -0.39 is 16.0 Å². The molecule has 0 bridgehead atoms. The molecule has 0 radical (unpaired) electrons. The van der Waals surface area contributed by atoms with Gasteiger partial charge >= 0.3 is 5.97 Å². The maximum atomic E-state index is 12.4. The molecule has 0 amide bonds. The van der Waals surface area contributed by atoms with Gasteiger partial charge in [0.05, 0.1) is 17.6 Å². The lowest BCUT2D eigenvalue weighted by Gasteiger charge is -2.10. The van der Waals surface area contributed by atoms with Crippen molar-refractivity contribution in [2.45, 2.75) is 37.1 Å². The number of sulfonamides is 1. The number of hydrogen-bond donors (Lipinski definition) is 1. The monoisotopic (exact) mass is 297 g/mol. The van der Waals surface area contributed by atoms with Crippen LogP contribution in [-0.4, -0.2) is 27.5 Å². The second-order valence-corrected chi connectivity index (χ2v) is 6.68. The van der Waals surface area contributed by atoms with E-state index in [0.717, 1.165) is 19.3 Å². The molecule has 1 aromatic rings. The van der Waals surface area contributed by atoms with Crippen molar-refractivity contribution in [3.8, 4) is 0 Å². The van der Waals surface area contributed by atoms with Gasteiger partial charge < -0.3 is 4.74 Å². The summed E-state index contributed by atoms with van der Waals surface area (Å²) in [4.78, 5) is 11.6. The van der Waals surface area contributed by atoms with E-state index in [1.807, 2.05) is 0 Å². The number of rotatable bonds is 6. The molecule has 1 saturated carbocycles. The number of hydrogen-bond acceptors (Lipinski definition) is 4. The fourth-order valence-electron chi connectivity index (χ4n) is 2.32. The molecule has 1 aromatic carbocycles. The molecular weight excluding hydrogens is 278 g/mol. The summed E-state index contributed by atoms with van der Waals surface area (Å²) in [6.07, 6.45) is 2.93. The smallest absolute Gasteiger partial charge is 0.339 e. The second-order valence-electron chi connectivity index (χ2n) is 5.00. The van der Waals surface area contributed by atoms with Gasteiger partial charge in [-0.3, -0.25) is 0 Å². The summed E-state index contributed by atoms with van der Waals surface area (Å²) in [6, 6.07) is 6.08. The highest BCUT2D eigenvalue weighted by Gasteiger charge is 2.39. The van der Waals surface area contributed by atoms with Crippen LogP contribution in [0.1, 0.15) is 36.5 Å². The van der Waals surface area contributed by atoms with Crippen molar-refractivity contribution >= 4 is 16.0 Å². The van der Waals surface area contributed by atoms with Crippen LogP contribution >= 0.6 is 0 Å². The van der Waals surface area contributed by atoms with Crippen molar-refractivity contribution in [2.24, 2.45) is 5.92 Å². The highest BCUT2D eigenvalue weighted by Crippen LogP contribution is 2.35. The van der Waals surface area contributed by atoms with Crippen molar-refractivity contribution < 1.29 is 17.9 Å². The molecule has 0 saturated heterocycles. The van der Waals surface area contributed by atoms with Crippen LogP contribution in [0.2, 0.25) is 0 Å². The van der Waals surface area contributed by atoms with Gasteiger partial charge in [-0.05, 0) is 30.9 Å². The lowest BCUT2D eigenvalue weighted by Crippen LogP contribution is -2.28. The lowest BCUT2D eigenvalue weighted by molar-refractivity contribution is 0.0596. The van der Waals surface area contributed by atoms with Crippen LogP contribution in [-0.2, 0) is 14.8 Å². The average molecular weight is 297 g/mol. The predicted octanol–water partition coefficient (Wildman–Crippen LogP) is 1.94. The summed E-state index contributed by atoms with van der Waals surface area (Å²) >= 11 is 0. The van der Waals surface area contributed by atoms with Crippen molar-refractivity contribution in [1.82, 2.24) is 4.72 Å². The molecule has 2 unspecified atom stereocenters. The molecule has 1 aliphatic rings. The average Bonchev–Trinajstić information content (AvgIpc) is 3.15. The summed E-state index contributed by atoms with van der Waals surface area (Å²) in [6.45, 7) is 2.08. The van der Waals surface area contributed by atoms with Gasteiger partial charge in [-0.15, -0.1) is 0 Å². The van der Waals surface area contributed by atoms with Crippen molar-refractivity contribution in [1.29, 1.82) is 0 Å². The third-order valence-corrected chi connectivity index (χ3v) is 5.02. The third kappa shape index (κ3) is 3.19. The number of methoxy groups -OCH3 is 1. The highest BCUT2D eigenvalue weighted by atomic mass is 32.2. The maximum absolute atomic E-state index is 12.4. The maximum Gasteiger partial charge on any atom is 0.339 e. The molecule has 0 spiro atoms. The van der Waals surface area contributed by atoms with Gasteiger partial charge in [0, 0.05) is 6.04 Å². The minimum absolute atomic E-state index is 0.00865. The van der Waals surface area contributed by atoms with E-state index in [4.69, 9.17) is 0 Å². The van der Waals surface area contributed by atoms with Crippen LogP contribution in [0.5, 0.6) is 0 Å². The lowest BCUT2D eigenvalue weighted by atomic mass is 10.2. The summed E-state index contributed by atoms with van der Waals surface area (Å²) in [5, 5.41) is 0. The Morgan fingerprint density at radius 1 is 1.40 bits per heavy atom. The van der Waals surface area contributed by atoms with E-state index in [1.165, 1.54) is 19.2 Å². The minimum Gasteiger partial charge on any atom is -0.465 e. The minimum atomic E-state index is -3.68. The van der Waals surface area contributed by atoms with E-state index in [-0.39, 0.29) is 16.5 Å². The first-order valence-electron chi connectivity index (χ1n) is 6.69. The van der Waals surface area contributed by atoms with Crippen LogP contribution in [0.4, 0.5) is 0 Å². The Balaban J connectivity index is 2.20. The normalized spacial score (nSPS) is 21.5. The standard InChI is InChI=1S/C14H19NO4S/c1-3-6-10-9-12(10)15-20(17,18)13-8-5-4-7-11(13)14(16)19-2/h4-5,7-8,10,12,15H,3,6,9H2,1-2H3. The summed E-state index contributed by atoms with van der Waals surface area (Å²) in [5.74, 6) is -0.230. The Hall–Kier alpha value is -1.40. The first-order chi connectivity index (χ1) is 9.49. The molecule has 5 nitrogen and oxygen atoms in total. The molecule has 20 heavy (non-hydrogen) atoms. The fourth-order valence-corrected chi connectivity index (χ4v) is 3.84. The topological polar surface area (TPSA) is 72.5 Å². The number of ether oxygens (including phenoxy) is 1. The first kappa shape index (κ1) is 15.0. The molecule has 1 fully saturated rings. The van der Waals surface area contributed by atoms with Gasteiger partial charge in [0.15, 0.2) is 0 Å². The zero-order chi connectivity index (χ0) is 14.8. The zero-order valence-electron chi connectivity index (χ0n) is 11.6. The van der Waals surface area contributed by atoms with Crippen molar-refractivity contribution in [3.63, 3.8) is 0 Å². The van der Waals surface area contributed by atoms with E-state index in [0.29, 0.717) is 5.92 Å². The molecule has 2 atom stereocenters. The summed E-state index contributed by atoms with van der Waals surface area (Å²) in [5.41, 5.74) is 0.0650. The Bertz CT molecular complexity index is 597. The zero-order valence-corrected chi connectivity index (χ0v) is 12.4. The van der Waals surface area contributed by atoms with Crippen LogP contribution < -0.4 is 4.72 Å². The van der Waals surface area contributed by atoms with Crippen LogP contribution in [0.3, 0.4) is 0 Å². The molecular formula is C14H19NO4S. The van der Waals surface area contributed by atoms with Gasteiger partial charge in [0.25, 0.3) is 0 Å². The Labute approximate surface area is 119 Å². The number of nitrogens with one attached hydrogen (secondary N) is 1. The highest BCUT2D eigenvalue weighted by molar-refractivity contribution is 7.89. The van der Waals surface area contributed by atoms with Crippen molar-refractivity contribution in [2.75, 3.05) is 7.11 Å². The van der Waals surface area contributed by atoms with Crippen LogP contribution in [0.25, 0.3) is 0 Å². The van der Waals surface area contributed by atoms with Gasteiger partial charge in [-0.1, -0.05) is 25.5 Å². The first-order valence-corrected chi connectivity index (χ1v) is 8.17. The molecule has 1 N–H and O–H groups in total. The van der Waals surface area contributed by atoms with Crippen LogP contribution in [0.15, 0.2) is 29.2 Å². The van der Waals surface area contributed by atoms with E-state index in [2.05, 4.69) is 16.4 Å². The molecule has 0 heterocycles. The quantitative estimate of drug-likeness (QED) is 0.814. The van der Waals surface area contributed by atoms with E-state index >= 15 is 0 Å². The van der Waals surface area contributed by atoms with Crippen LogP contribution in [0, 0.1) is 5.92 Å². The SMILES string of the molecule is CCCC1CC1NS(=O)(=O)c1ccccc1C(=O)OC. The van der Waals surface area contributed by atoms with E-state index in [1.54, 1.807) is 12.1 Å². The second kappa shape index (κ2) is 5.93. The molecule has 0 aliphatic heterocycles. The van der Waals surface area contributed by atoms with Crippen molar-refractivity contribution in [3.05, 3.63) is 29.8 Å². The largest absolute Gasteiger partial charge is 0.465 e. The number of carbonyl (C=O) groups is 1. The third-order valence-electron chi connectivity index (χ3n) is 3.47. The van der Waals surface area contributed by atoms with Gasteiger partial charge in [-0.2, -0.15) is 0 Å². The van der Waals surface area contributed by atoms with E-state index in [9.17, 15) is 13.2 Å². The molecule has 110 valence electrons. The molecule has 0 aromatic heterocycles. The predicted molar refractivity (Wildman–Crippen MR) is 74.9 cm³/mol. The Morgan fingerprint density at radius 3 is 2.75 bits per heavy atom. The summed E-state index contributed by atoms with van der Waals surface area (Å²) in [7, 11) is -2.45. The van der Waals surface area contributed by atoms with Gasteiger partial charge in [-0.25, -0.2) is 17.9 Å². The van der Waals surface area contributed by atoms with Gasteiger partial charge in [0.2, 0.25) is 10.0 Å².